The second-order valence-electron chi connectivity index (χ2n) is 8.10. The Bertz CT molecular complexity index is 1020. The Labute approximate surface area is 255 Å². The molecular formula is C32H29BF4FeOP2-. The summed E-state index contributed by atoms with van der Waals surface area (Å²) in [5.74, 6) is 0. The first-order chi connectivity index (χ1) is 19.4. The second kappa shape index (κ2) is 21.5. The van der Waals surface area contributed by atoms with E-state index in [-0.39, 0.29) is 32.9 Å². The van der Waals surface area contributed by atoms with Gasteiger partial charge in [-0.15, -0.1) is 0 Å². The molecule has 1 fully saturated rings. The minimum absolute atomic E-state index is 0. The van der Waals surface area contributed by atoms with Gasteiger partial charge in [-0.1, -0.05) is 121 Å². The Balaban J connectivity index is 0.000000545. The van der Waals surface area contributed by atoms with Crippen LogP contribution >= 0.6 is 15.8 Å². The normalized spacial score (nSPS) is 12.0. The first-order valence-corrected chi connectivity index (χ1v) is 15.5. The van der Waals surface area contributed by atoms with Crippen molar-refractivity contribution < 1.29 is 39.0 Å². The monoisotopic (exact) mass is 634 g/mol. The van der Waals surface area contributed by atoms with Crippen molar-refractivity contribution in [2.45, 2.75) is 0 Å². The van der Waals surface area contributed by atoms with Gasteiger partial charge in [-0.25, -0.2) is 0 Å². The summed E-state index contributed by atoms with van der Waals surface area (Å²) in [4.78, 5) is 0. The molecule has 0 atom stereocenters. The van der Waals surface area contributed by atoms with Gasteiger partial charge in [0.2, 0.25) is 0 Å². The predicted molar refractivity (Wildman–Crippen MR) is 163 cm³/mol. The molecule has 0 amide bonds. The first-order valence-electron chi connectivity index (χ1n) is 12.4. The van der Waals surface area contributed by atoms with E-state index in [4.69, 9.17) is 4.65 Å². The smallest absolute Gasteiger partial charge is 0 e. The van der Waals surface area contributed by atoms with E-state index in [0.29, 0.717) is 0 Å². The zero-order valence-electron chi connectivity index (χ0n) is 22.1. The van der Waals surface area contributed by atoms with Crippen molar-refractivity contribution in [2.75, 3.05) is 12.3 Å². The second-order valence-corrected chi connectivity index (χ2v) is 12.8. The average Bonchev–Trinajstić information content (AvgIpc) is 3.58. The Morgan fingerprint density at radius 2 is 0.610 bits per heavy atom. The van der Waals surface area contributed by atoms with Gasteiger partial charge in [0, 0.05) is 17.1 Å². The summed E-state index contributed by atoms with van der Waals surface area (Å²) in [5.41, 5.74) is 0. The molecule has 1 saturated carbocycles. The maximum atomic E-state index is 9.75. The van der Waals surface area contributed by atoms with Gasteiger partial charge in [0.1, 0.15) is 0 Å². The number of benzene rings is 4. The molecule has 1 aliphatic rings. The van der Waals surface area contributed by atoms with Crippen LogP contribution in [0, 0.1) is 38.8 Å². The van der Waals surface area contributed by atoms with Gasteiger partial charge >= 0.3 is 18.6 Å². The van der Waals surface area contributed by atoms with Gasteiger partial charge < -0.3 is 17.3 Å². The summed E-state index contributed by atoms with van der Waals surface area (Å²) >= 11 is 0. The van der Waals surface area contributed by atoms with Crippen molar-refractivity contribution in [3.05, 3.63) is 160 Å². The number of hydrogen-bond acceptors (Lipinski definition) is 0. The zero-order valence-corrected chi connectivity index (χ0v) is 25.0. The van der Waals surface area contributed by atoms with Crippen LogP contribution in [0.2, 0.25) is 0 Å². The quantitative estimate of drug-likeness (QED) is 0.0659. The molecule has 0 bridgehead atoms. The molecule has 1 aliphatic carbocycles. The van der Waals surface area contributed by atoms with Gasteiger partial charge in [-0.3, -0.25) is 0 Å². The van der Waals surface area contributed by atoms with Crippen molar-refractivity contribution in [1.29, 1.82) is 0 Å². The maximum absolute atomic E-state index is 9.75. The van der Waals surface area contributed by atoms with Crippen molar-refractivity contribution in [2.24, 2.45) is 0 Å². The van der Waals surface area contributed by atoms with Gasteiger partial charge in [-0.05, 0) is 81.5 Å². The van der Waals surface area contributed by atoms with Crippen LogP contribution < -0.4 is 21.2 Å². The Hall–Kier alpha value is -2.22. The largest absolute Gasteiger partial charge is 0.0622 e. The Morgan fingerprint density at radius 1 is 0.439 bits per heavy atom. The molecule has 0 saturated heterocycles. The number of halogens is 4. The molecule has 5 rings (SSSR count). The summed E-state index contributed by atoms with van der Waals surface area (Å²) in [6.07, 6.45) is 12.4. The van der Waals surface area contributed by atoms with Crippen LogP contribution in [0.25, 0.3) is 0 Å². The fourth-order valence-corrected chi connectivity index (χ4v) is 9.12. The minimum atomic E-state index is -6.00. The molecule has 0 heterocycles. The van der Waals surface area contributed by atoms with E-state index in [9.17, 15) is 17.3 Å². The molecule has 41 heavy (non-hydrogen) atoms. The molecule has 213 valence electrons. The molecule has 0 aromatic heterocycles. The zero-order chi connectivity index (χ0) is 29.1. The maximum Gasteiger partial charge on any atom is 0 e. The van der Waals surface area contributed by atoms with Crippen molar-refractivity contribution in [1.82, 2.24) is 0 Å². The van der Waals surface area contributed by atoms with Crippen LogP contribution in [0.15, 0.2) is 121 Å². The number of rotatable bonds is 7. The third-order valence-electron chi connectivity index (χ3n) is 5.37. The van der Waals surface area contributed by atoms with Crippen LogP contribution in [0.5, 0.6) is 0 Å². The van der Waals surface area contributed by atoms with Crippen LogP contribution in [0.4, 0.5) is 17.3 Å². The molecular weight excluding hydrogens is 605 g/mol. The molecule has 0 spiro atoms. The summed E-state index contributed by atoms with van der Waals surface area (Å²) < 4.78 is 46.5. The third kappa shape index (κ3) is 15.5. The van der Waals surface area contributed by atoms with Crippen molar-refractivity contribution in [3.8, 4) is 0 Å². The van der Waals surface area contributed by atoms with Crippen molar-refractivity contribution in [3.63, 3.8) is 0 Å². The minimum Gasteiger partial charge on any atom is -0.0622 e. The van der Waals surface area contributed by atoms with E-state index in [2.05, 4.69) is 128 Å². The predicted octanol–water partition coefficient (Wildman–Crippen LogP) is 7.53. The molecule has 4 aromatic rings. The molecule has 4 aromatic carbocycles. The Kier molecular flexibility index (Phi) is 19.3. The summed E-state index contributed by atoms with van der Waals surface area (Å²) in [6.45, 7) is 4.50. The van der Waals surface area contributed by atoms with Gasteiger partial charge in [0.15, 0.2) is 0 Å². The molecule has 9 heteroatoms. The van der Waals surface area contributed by atoms with E-state index in [1.165, 1.54) is 33.5 Å². The van der Waals surface area contributed by atoms with Gasteiger partial charge in [-0.2, -0.15) is 0 Å². The van der Waals surface area contributed by atoms with Gasteiger partial charge in [0.05, 0.1) is 0 Å². The summed E-state index contributed by atoms with van der Waals surface area (Å²) in [5, 5.41) is 5.89. The number of hydrogen-bond donors (Lipinski definition) is 0. The topological polar surface area (TPSA) is 19.9 Å². The van der Waals surface area contributed by atoms with E-state index >= 15 is 0 Å². The summed E-state index contributed by atoms with van der Waals surface area (Å²) in [7, 11) is -6.70. The molecule has 0 aliphatic heterocycles. The Morgan fingerprint density at radius 3 is 0.780 bits per heavy atom. The van der Waals surface area contributed by atoms with Crippen molar-refractivity contribution >= 4 is 44.3 Å². The first kappa shape index (κ1) is 36.8. The molecule has 0 N–H and O–H groups in total. The van der Waals surface area contributed by atoms with E-state index in [1.54, 1.807) is 0 Å². The van der Waals surface area contributed by atoms with Crippen LogP contribution in [0.1, 0.15) is 0 Å². The SMILES string of the molecule is F[B-](F)(F)F.[C-]#[O+].[CH]1[CH][CH][CH][CH]1.[Fe].c1ccc(P(CCP(c2ccccc2)c2ccccc2)c2ccccc2)cc1. The standard InChI is InChI=1S/C26H24P2.C5H5.CO.BF4.Fe/c1-5-13-23(14-6-1)27(24-15-7-2-8-16-24)21-22-28(25-17-9-3-10-18-25)26-19-11-4-12-20-26;1-2-4-5-3-1;1-2;2-1(3,4)5;/h1-20H,21-22H2;1-5H;;;/q;;;-1;. The van der Waals surface area contributed by atoms with E-state index in [0.717, 1.165) is 0 Å². The van der Waals surface area contributed by atoms with E-state index in [1.807, 2.05) is 32.1 Å². The summed E-state index contributed by atoms with van der Waals surface area (Å²) in [6, 6.07) is 44.2. The average molecular weight is 634 g/mol. The van der Waals surface area contributed by atoms with E-state index < -0.39 is 7.25 Å². The van der Waals surface area contributed by atoms with Crippen LogP contribution in [-0.4, -0.2) is 19.6 Å². The fraction of sp³-hybridized carbons (Fsp3) is 0.0625. The molecule has 1 nitrogen and oxygen atoms in total. The molecule has 0 unspecified atom stereocenters. The van der Waals surface area contributed by atoms with Gasteiger partial charge in [0.25, 0.3) is 0 Å². The molecule has 5 radical (unpaired) electrons. The van der Waals surface area contributed by atoms with Crippen LogP contribution in [0.3, 0.4) is 0 Å². The van der Waals surface area contributed by atoms with Crippen LogP contribution in [-0.2, 0) is 21.7 Å². The third-order valence-corrected chi connectivity index (χ3v) is 10.8. The fourth-order valence-electron chi connectivity index (χ4n) is 3.77.